The molecule has 0 aliphatic rings. The Labute approximate surface area is 223 Å². The van der Waals surface area contributed by atoms with Crippen LogP contribution in [0, 0.1) is 5.21 Å². The van der Waals surface area contributed by atoms with E-state index >= 15 is 0 Å². The summed E-state index contributed by atoms with van der Waals surface area (Å²) in [5, 5.41) is 13.3. The molecule has 0 atom stereocenters. The molecule has 2 heteroatoms. The molecule has 0 rings (SSSR count). The Morgan fingerprint density at radius 1 is 0.371 bits per heavy atom. The lowest BCUT2D eigenvalue weighted by Crippen LogP contribution is -2.49. The predicted octanol–water partition coefficient (Wildman–Crippen LogP) is 11.9. The maximum absolute atomic E-state index is 13.3. The number of hydrogen-bond donors (Lipinski definition) is 0. The standard InChI is InChI=1S/C33H69NO/c1-5-7-9-11-13-15-17-19-21-23-25-27-29-31-34(35,33(3)4)32-30-28-26-24-22-20-18-16-14-12-10-8-6-2/h33H,5-32H2,1-4H3. The van der Waals surface area contributed by atoms with Crippen LogP contribution in [0.15, 0.2) is 0 Å². The molecule has 0 aromatic rings. The molecule has 0 bridgehead atoms. The largest absolute Gasteiger partial charge is 0.633 e. The van der Waals surface area contributed by atoms with Crippen molar-refractivity contribution in [3.05, 3.63) is 5.21 Å². The molecule has 0 unspecified atom stereocenters. The summed E-state index contributed by atoms with van der Waals surface area (Å²) in [6.07, 6.45) is 35.7. The first-order valence-corrected chi connectivity index (χ1v) is 16.6. The first kappa shape index (κ1) is 34.9. The first-order valence-electron chi connectivity index (χ1n) is 16.6. The van der Waals surface area contributed by atoms with Gasteiger partial charge in [0.15, 0.2) is 0 Å². The molecule has 0 spiro atoms. The van der Waals surface area contributed by atoms with Gasteiger partial charge in [0.1, 0.15) is 0 Å². The maximum Gasteiger partial charge on any atom is 0.0830 e. The van der Waals surface area contributed by atoms with Gasteiger partial charge in [0.2, 0.25) is 0 Å². The van der Waals surface area contributed by atoms with Crippen LogP contribution in [-0.2, 0) is 0 Å². The van der Waals surface area contributed by atoms with Crippen LogP contribution in [0.4, 0.5) is 0 Å². The molecule has 0 heterocycles. The van der Waals surface area contributed by atoms with Crippen molar-refractivity contribution in [1.29, 1.82) is 0 Å². The van der Waals surface area contributed by atoms with Crippen LogP contribution in [0.2, 0.25) is 0 Å². The summed E-state index contributed by atoms with van der Waals surface area (Å²) in [5.41, 5.74) is 0. The number of quaternary nitrogens is 1. The van der Waals surface area contributed by atoms with Gasteiger partial charge < -0.3 is 9.85 Å². The average Bonchev–Trinajstić information content (AvgIpc) is 2.84. The highest BCUT2D eigenvalue weighted by Crippen LogP contribution is 2.19. The molecule has 2 nitrogen and oxygen atoms in total. The quantitative estimate of drug-likeness (QED) is 0.0574. The first-order chi connectivity index (χ1) is 17.1. The molecule has 0 saturated heterocycles. The Bertz CT molecular complexity index is 365. The van der Waals surface area contributed by atoms with Gasteiger partial charge in [-0.25, -0.2) is 0 Å². The molecule has 212 valence electrons. The molecule has 0 aliphatic carbocycles. The van der Waals surface area contributed by atoms with Crippen molar-refractivity contribution in [1.82, 2.24) is 0 Å². The van der Waals surface area contributed by atoms with Gasteiger partial charge in [0.25, 0.3) is 0 Å². The fraction of sp³-hybridized carbons (Fsp3) is 1.00. The van der Waals surface area contributed by atoms with E-state index in [1.807, 2.05) is 0 Å². The smallest absolute Gasteiger partial charge is 0.0830 e. The molecular weight excluding hydrogens is 426 g/mol. The zero-order chi connectivity index (χ0) is 25.9. The van der Waals surface area contributed by atoms with Gasteiger partial charge in [-0.1, -0.05) is 155 Å². The van der Waals surface area contributed by atoms with Crippen molar-refractivity contribution in [3.8, 4) is 0 Å². The van der Waals surface area contributed by atoms with E-state index in [1.165, 1.54) is 154 Å². The average molecular weight is 496 g/mol. The van der Waals surface area contributed by atoms with Gasteiger partial charge in [-0.3, -0.25) is 0 Å². The summed E-state index contributed by atoms with van der Waals surface area (Å²) in [5.74, 6) is 0. The van der Waals surface area contributed by atoms with Gasteiger partial charge in [0, 0.05) is 0 Å². The van der Waals surface area contributed by atoms with Crippen molar-refractivity contribution in [3.63, 3.8) is 0 Å². The SMILES string of the molecule is CCCCCCCCCCCCCCC[N+]([O-])(CCCCCCCCCCCCCCC)C(C)C. The normalized spacial score (nSPS) is 12.2. The Morgan fingerprint density at radius 2 is 0.571 bits per heavy atom. The van der Waals surface area contributed by atoms with Crippen LogP contribution < -0.4 is 0 Å². The summed E-state index contributed by atoms with van der Waals surface area (Å²) >= 11 is 0. The Balaban J connectivity index is 3.56. The summed E-state index contributed by atoms with van der Waals surface area (Å²) in [6.45, 7) is 10.5. The van der Waals surface area contributed by atoms with Crippen LogP contribution in [0.25, 0.3) is 0 Å². The van der Waals surface area contributed by atoms with Crippen molar-refractivity contribution >= 4 is 0 Å². The van der Waals surface area contributed by atoms with E-state index in [0.29, 0.717) is 0 Å². The third kappa shape index (κ3) is 24.0. The molecule has 0 fully saturated rings. The van der Waals surface area contributed by atoms with Gasteiger partial charge in [-0.2, -0.15) is 0 Å². The number of nitrogens with zero attached hydrogens (tertiary/aromatic N) is 1. The van der Waals surface area contributed by atoms with Crippen LogP contribution in [0.5, 0.6) is 0 Å². The second kappa shape index (κ2) is 27.0. The summed E-state index contributed by atoms with van der Waals surface area (Å²) in [7, 11) is 0. The van der Waals surface area contributed by atoms with E-state index < -0.39 is 0 Å². The number of rotatable bonds is 29. The molecule has 0 aromatic carbocycles. The number of hydrogen-bond acceptors (Lipinski definition) is 1. The molecule has 0 amide bonds. The zero-order valence-electron chi connectivity index (χ0n) is 25.2. The molecule has 0 aliphatic heterocycles. The predicted molar refractivity (Wildman–Crippen MR) is 160 cm³/mol. The van der Waals surface area contributed by atoms with Crippen molar-refractivity contribution in [2.24, 2.45) is 0 Å². The van der Waals surface area contributed by atoms with Gasteiger partial charge in [-0.05, 0) is 39.5 Å². The van der Waals surface area contributed by atoms with Gasteiger partial charge in [-0.15, -0.1) is 0 Å². The highest BCUT2D eigenvalue weighted by molar-refractivity contribution is 4.55. The lowest BCUT2D eigenvalue weighted by Gasteiger charge is -2.47. The summed E-state index contributed by atoms with van der Waals surface area (Å²) in [6, 6.07) is 0.213. The Morgan fingerprint density at radius 3 is 0.771 bits per heavy atom. The van der Waals surface area contributed by atoms with E-state index in [1.54, 1.807) is 0 Å². The summed E-state index contributed by atoms with van der Waals surface area (Å²) in [4.78, 5) is 0. The second-order valence-electron chi connectivity index (χ2n) is 12.0. The van der Waals surface area contributed by atoms with E-state index in [9.17, 15) is 5.21 Å². The zero-order valence-corrected chi connectivity index (χ0v) is 25.2. The van der Waals surface area contributed by atoms with Crippen LogP contribution in [-0.4, -0.2) is 23.8 Å². The van der Waals surface area contributed by atoms with Crippen LogP contribution in [0.3, 0.4) is 0 Å². The number of hydroxylamine groups is 3. The second-order valence-corrected chi connectivity index (χ2v) is 12.0. The van der Waals surface area contributed by atoms with Gasteiger partial charge in [0.05, 0.1) is 19.1 Å². The Hall–Kier alpha value is -0.0800. The van der Waals surface area contributed by atoms with Crippen molar-refractivity contribution in [2.75, 3.05) is 13.1 Å². The van der Waals surface area contributed by atoms with E-state index in [2.05, 4.69) is 27.7 Å². The Kier molecular flexibility index (Phi) is 26.9. The van der Waals surface area contributed by atoms with Crippen molar-refractivity contribution < 1.29 is 4.65 Å². The highest BCUT2D eigenvalue weighted by Gasteiger charge is 2.20. The monoisotopic (exact) mass is 496 g/mol. The minimum Gasteiger partial charge on any atom is -0.633 e. The molecule has 0 N–H and O–H groups in total. The molecule has 35 heavy (non-hydrogen) atoms. The highest BCUT2D eigenvalue weighted by atomic mass is 16.5. The number of unbranched alkanes of at least 4 members (excludes halogenated alkanes) is 24. The maximum atomic E-state index is 13.3. The van der Waals surface area contributed by atoms with Gasteiger partial charge >= 0.3 is 0 Å². The minimum atomic E-state index is 0.0516. The lowest BCUT2D eigenvalue weighted by atomic mass is 10.0. The topological polar surface area (TPSA) is 23.1 Å². The molecule has 0 radical (unpaired) electrons. The minimum absolute atomic E-state index is 0.0516. The van der Waals surface area contributed by atoms with E-state index in [0.717, 1.165) is 25.9 Å². The van der Waals surface area contributed by atoms with Crippen LogP contribution >= 0.6 is 0 Å². The van der Waals surface area contributed by atoms with Crippen molar-refractivity contribution in [2.45, 2.75) is 201 Å². The fourth-order valence-corrected chi connectivity index (χ4v) is 5.42. The fourth-order valence-electron chi connectivity index (χ4n) is 5.42. The molecule has 0 saturated carbocycles. The molecular formula is C33H69NO. The molecule has 0 aromatic heterocycles. The van der Waals surface area contributed by atoms with Crippen LogP contribution in [0.1, 0.15) is 195 Å². The third-order valence-corrected chi connectivity index (χ3v) is 8.22. The summed E-state index contributed by atoms with van der Waals surface area (Å²) < 4.78 is 0.0516. The van der Waals surface area contributed by atoms with E-state index in [4.69, 9.17) is 0 Å². The third-order valence-electron chi connectivity index (χ3n) is 8.22. The van der Waals surface area contributed by atoms with E-state index in [-0.39, 0.29) is 10.7 Å². The lowest BCUT2D eigenvalue weighted by molar-refractivity contribution is -0.902.